The number of aliphatic hydroxyl groups excluding tert-OH is 1. The molecule has 0 aromatic heterocycles. The van der Waals surface area contributed by atoms with Crippen LogP contribution in [0.1, 0.15) is 35.2 Å². The van der Waals surface area contributed by atoms with Gasteiger partial charge in [0.25, 0.3) is 0 Å². The zero-order chi connectivity index (χ0) is 16.2. The largest absolute Gasteiger partial charge is 0.507 e. The molecule has 0 bridgehead atoms. The molecule has 1 N–H and O–H groups in total. The lowest BCUT2D eigenvalue weighted by Gasteiger charge is -2.18. The van der Waals surface area contributed by atoms with Crippen molar-refractivity contribution in [3.63, 3.8) is 0 Å². The standard InChI is InChI=1S/C20H17FO2/c21-17-10-4-6-14(13-17)12-16-9-5-11-18(20(16)23)19(22)15-7-2-1-3-8-15/h1-4,6-8,10,12-13,23H,5,9,11H2/b16-12+. The molecule has 2 aromatic carbocycles. The van der Waals surface area contributed by atoms with Crippen LogP contribution in [0.15, 0.2) is 71.5 Å². The maximum Gasteiger partial charge on any atom is 0.192 e. The van der Waals surface area contributed by atoms with E-state index in [4.69, 9.17) is 0 Å². The van der Waals surface area contributed by atoms with E-state index in [0.717, 1.165) is 6.42 Å². The van der Waals surface area contributed by atoms with Crippen molar-refractivity contribution in [1.82, 2.24) is 0 Å². The van der Waals surface area contributed by atoms with Crippen molar-refractivity contribution >= 4 is 11.9 Å². The topological polar surface area (TPSA) is 37.3 Å². The van der Waals surface area contributed by atoms with Gasteiger partial charge in [0.1, 0.15) is 11.6 Å². The average Bonchev–Trinajstić information content (AvgIpc) is 2.57. The molecule has 23 heavy (non-hydrogen) atoms. The summed E-state index contributed by atoms with van der Waals surface area (Å²) in [5.41, 5.74) is 2.37. The van der Waals surface area contributed by atoms with Crippen LogP contribution in [-0.2, 0) is 0 Å². The van der Waals surface area contributed by atoms with Crippen molar-refractivity contribution in [1.29, 1.82) is 0 Å². The minimum atomic E-state index is -0.320. The van der Waals surface area contributed by atoms with Gasteiger partial charge in [0.2, 0.25) is 0 Å². The number of Topliss-reactive ketones (excluding diaryl/α,β-unsaturated/α-hetero) is 1. The molecule has 0 amide bonds. The van der Waals surface area contributed by atoms with Gasteiger partial charge in [-0.3, -0.25) is 4.79 Å². The van der Waals surface area contributed by atoms with Crippen molar-refractivity contribution in [3.05, 3.63) is 88.4 Å². The molecule has 0 radical (unpaired) electrons. The van der Waals surface area contributed by atoms with Crippen LogP contribution in [0.3, 0.4) is 0 Å². The zero-order valence-electron chi connectivity index (χ0n) is 12.6. The number of aliphatic hydroxyl groups is 1. The van der Waals surface area contributed by atoms with Gasteiger partial charge in [-0.25, -0.2) is 4.39 Å². The summed E-state index contributed by atoms with van der Waals surface area (Å²) in [6.45, 7) is 0. The molecule has 0 heterocycles. The maximum atomic E-state index is 13.3. The lowest BCUT2D eigenvalue weighted by atomic mass is 9.88. The third kappa shape index (κ3) is 3.39. The number of benzene rings is 2. The third-order valence-electron chi connectivity index (χ3n) is 3.96. The Morgan fingerprint density at radius 1 is 1.04 bits per heavy atom. The van der Waals surface area contributed by atoms with E-state index in [-0.39, 0.29) is 17.4 Å². The molecule has 3 rings (SSSR count). The fourth-order valence-corrected chi connectivity index (χ4v) is 2.81. The molecule has 0 aliphatic heterocycles. The highest BCUT2D eigenvalue weighted by atomic mass is 19.1. The second kappa shape index (κ2) is 6.61. The minimum absolute atomic E-state index is 0.0364. The summed E-state index contributed by atoms with van der Waals surface area (Å²) >= 11 is 0. The summed E-state index contributed by atoms with van der Waals surface area (Å²) < 4.78 is 13.3. The first kappa shape index (κ1) is 15.2. The van der Waals surface area contributed by atoms with Gasteiger partial charge in [0.05, 0.1) is 0 Å². The van der Waals surface area contributed by atoms with E-state index in [2.05, 4.69) is 0 Å². The Balaban J connectivity index is 1.96. The van der Waals surface area contributed by atoms with Crippen LogP contribution in [0.25, 0.3) is 6.08 Å². The summed E-state index contributed by atoms with van der Waals surface area (Å²) in [4.78, 5) is 12.6. The fraction of sp³-hybridized carbons (Fsp3) is 0.150. The second-order valence-electron chi connectivity index (χ2n) is 5.60. The normalized spacial score (nSPS) is 16.7. The van der Waals surface area contributed by atoms with Crippen molar-refractivity contribution in [2.45, 2.75) is 19.3 Å². The van der Waals surface area contributed by atoms with Crippen LogP contribution in [-0.4, -0.2) is 10.9 Å². The van der Waals surface area contributed by atoms with Crippen LogP contribution in [0.5, 0.6) is 0 Å². The zero-order valence-corrected chi connectivity index (χ0v) is 12.6. The lowest BCUT2D eigenvalue weighted by Crippen LogP contribution is -2.12. The van der Waals surface area contributed by atoms with E-state index in [0.29, 0.717) is 35.1 Å². The first-order valence-electron chi connectivity index (χ1n) is 7.63. The van der Waals surface area contributed by atoms with Crippen LogP contribution in [0.2, 0.25) is 0 Å². The minimum Gasteiger partial charge on any atom is -0.507 e. The smallest absolute Gasteiger partial charge is 0.192 e. The van der Waals surface area contributed by atoms with Gasteiger partial charge in [-0.15, -0.1) is 0 Å². The Morgan fingerprint density at radius 2 is 1.83 bits per heavy atom. The Kier molecular flexibility index (Phi) is 4.38. The van der Waals surface area contributed by atoms with Gasteiger partial charge < -0.3 is 5.11 Å². The molecule has 0 saturated heterocycles. The summed E-state index contributed by atoms with van der Waals surface area (Å²) in [6, 6.07) is 15.1. The molecule has 0 saturated carbocycles. The number of carbonyl (C=O) groups is 1. The predicted octanol–water partition coefficient (Wildman–Crippen LogP) is 5.09. The van der Waals surface area contributed by atoms with Crippen molar-refractivity contribution < 1.29 is 14.3 Å². The fourth-order valence-electron chi connectivity index (χ4n) is 2.81. The van der Waals surface area contributed by atoms with Gasteiger partial charge >= 0.3 is 0 Å². The molecule has 2 aromatic rings. The number of rotatable bonds is 3. The summed E-state index contributed by atoms with van der Waals surface area (Å²) in [6.07, 6.45) is 3.77. The van der Waals surface area contributed by atoms with Crippen LogP contribution in [0, 0.1) is 5.82 Å². The van der Waals surface area contributed by atoms with Crippen molar-refractivity contribution in [2.24, 2.45) is 0 Å². The molecule has 1 aliphatic rings. The van der Waals surface area contributed by atoms with Gasteiger partial charge in [-0.05, 0) is 48.6 Å². The molecule has 0 unspecified atom stereocenters. The van der Waals surface area contributed by atoms with Crippen molar-refractivity contribution in [2.75, 3.05) is 0 Å². The molecule has 3 heteroatoms. The third-order valence-corrected chi connectivity index (χ3v) is 3.96. The Bertz CT molecular complexity index is 788. The quantitative estimate of drug-likeness (QED) is 0.802. The van der Waals surface area contributed by atoms with E-state index in [1.165, 1.54) is 12.1 Å². The van der Waals surface area contributed by atoms with E-state index < -0.39 is 0 Å². The highest BCUT2D eigenvalue weighted by molar-refractivity contribution is 6.09. The first-order chi connectivity index (χ1) is 11.1. The molecule has 0 fully saturated rings. The SMILES string of the molecule is O=C(C1=C(O)/C(=C/c2cccc(F)c2)CCC1)c1ccccc1. The highest BCUT2D eigenvalue weighted by Gasteiger charge is 2.23. The van der Waals surface area contributed by atoms with Gasteiger partial charge in [-0.1, -0.05) is 42.5 Å². The van der Waals surface area contributed by atoms with Gasteiger partial charge in [0, 0.05) is 11.1 Å². The molecule has 1 aliphatic carbocycles. The number of halogens is 1. The Morgan fingerprint density at radius 3 is 2.57 bits per heavy atom. The Hall–Kier alpha value is -2.68. The van der Waals surface area contributed by atoms with E-state index >= 15 is 0 Å². The van der Waals surface area contributed by atoms with E-state index in [1.54, 1.807) is 42.5 Å². The highest BCUT2D eigenvalue weighted by Crippen LogP contribution is 2.31. The number of carbonyl (C=O) groups excluding carboxylic acids is 1. The molecule has 116 valence electrons. The number of hydrogen-bond acceptors (Lipinski definition) is 2. The van der Waals surface area contributed by atoms with Crippen LogP contribution < -0.4 is 0 Å². The van der Waals surface area contributed by atoms with E-state index in [1.807, 2.05) is 6.07 Å². The van der Waals surface area contributed by atoms with Crippen molar-refractivity contribution in [3.8, 4) is 0 Å². The van der Waals surface area contributed by atoms with Crippen LogP contribution >= 0.6 is 0 Å². The molecular formula is C20H17FO2. The Labute approximate surface area is 134 Å². The summed E-state index contributed by atoms with van der Waals surface area (Å²) in [5, 5.41) is 10.5. The molecule has 2 nitrogen and oxygen atoms in total. The molecule has 0 spiro atoms. The number of allylic oxidation sites excluding steroid dienone is 2. The number of hydrogen-bond donors (Lipinski definition) is 1. The summed E-state index contributed by atoms with van der Waals surface area (Å²) in [7, 11) is 0. The summed E-state index contributed by atoms with van der Waals surface area (Å²) in [5.74, 6) is -0.429. The van der Waals surface area contributed by atoms with Gasteiger partial charge in [0.15, 0.2) is 5.78 Å². The lowest BCUT2D eigenvalue weighted by molar-refractivity contribution is 0.102. The number of ketones is 1. The molecule has 0 atom stereocenters. The maximum absolute atomic E-state index is 13.3. The first-order valence-corrected chi connectivity index (χ1v) is 7.63. The van der Waals surface area contributed by atoms with E-state index in [9.17, 15) is 14.3 Å². The average molecular weight is 308 g/mol. The van der Waals surface area contributed by atoms with Crippen LogP contribution in [0.4, 0.5) is 4.39 Å². The monoisotopic (exact) mass is 308 g/mol. The predicted molar refractivity (Wildman–Crippen MR) is 88.7 cm³/mol. The second-order valence-corrected chi connectivity index (χ2v) is 5.60. The van der Waals surface area contributed by atoms with Gasteiger partial charge in [-0.2, -0.15) is 0 Å². The molecular weight excluding hydrogens is 291 g/mol.